The zero-order chi connectivity index (χ0) is 24.7. The van der Waals surface area contributed by atoms with Crippen LogP contribution < -0.4 is 0 Å². The predicted octanol–water partition coefficient (Wildman–Crippen LogP) is 6.21. The van der Waals surface area contributed by atoms with Gasteiger partial charge in [0.1, 0.15) is 5.75 Å². The Morgan fingerprint density at radius 3 is 1.97 bits per heavy atom. The molecule has 0 atom stereocenters. The van der Waals surface area contributed by atoms with E-state index in [4.69, 9.17) is 0 Å². The molecule has 0 unspecified atom stereocenters. The van der Waals surface area contributed by atoms with Crippen molar-refractivity contribution in [2.75, 3.05) is 6.54 Å². The summed E-state index contributed by atoms with van der Waals surface area (Å²) in [5.41, 5.74) is 3.15. The fourth-order valence-electron chi connectivity index (χ4n) is 3.65. The quantitative estimate of drug-likeness (QED) is 0.429. The molecule has 1 aliphatic heterocycles. The van der Waals surface area contributed by atoms with Crippen molar-refractivity contribution in [3.8, 4) is 5.75 Å². The Balaban J connectivity index is 1.94. The average molecular weight is 466 g/mol. The molecule has 0 aliphatic carbocycles. The summed E-state index contributed by atoms with van der Waals surface area (Å²) < 4.78 is 0. The molecular weight excluding hydrogens is 434 g/mol. The number of aromatic hydroxyl groups is 1. The molecule has 2 amide bonds. The summed E-state index contributed by atoms with van der Waals surface area (Å²) in [6.07, 6.45) is 1.67. The molecule has 174 valence electrons. The van der Waals surface area contributed by atoms with Gasteiger partial charge in [-0.15, -0.1) is 0 Å². The van der Waals surface area contributed by atoms with E-state index in [0.717, 1.165) is 38.9 Å². The van der Waals surface area contributed by atoms with Gasteiger partial charge in [-0.25, -0.2) is 0 Å². The van der Waals surface area contributed by atoms with Gasteiger partial charge in [0.15, 0.2) is 5.78 Å². The molecule has 0 bridgehead atoms. The van der Waals surface area contributed by atoms with Crippen molar-refractivity contribution in [3.05, 3.63) is 69.1 Å². The first-order valence-corrected chi connectivity index (χ1v) is 11.7. The van der Waals surface area contributed by atoms with E-state index in [2.05, 4.69) is 0 Å². The minimum Gasteiger partial charge on any atom is -0.507 e. The molecule has 0 saturated carbocycles. The molecule has 1 heterocycles. The van der Waals surface area contributed by atoms with E-state index in [0.29, 0.717) is 5.56 Å². The van der Waals surface area contributed by atoms with Gasteiger partial charge in [0.25, 0.3) is 11.1 Å². The van der Waals surface area contributed by atoms with Crippen LogP contribution in [0.15, 0.2) is 41.3 Å². The Morgan fingerprint density at radius 2 is 1.48 bits per heavy atom. The first-order chi connectivity index (χ1) is 15.2. The lowest BCUT2D eigenvalue weighted by Gasteiger charge is -2.28. The zero-order valence-electron chi connectivity index (χ0n) is 20.3. The van der Waals surface area contributed by atoms with Gasteiger partial charge in [0, 0.05) is 16.7 Å². The first-order valence-electron chi connectivity index (χ1n) is 10.9. The molecule has 1 saturated heterocycles. The zero-order valence-corrected chi connectivity index (χ0v) is 21.1. The number of hydrogen-bond acceptors (Lipinski definition) is 5. The molecule has 2 aromatic rings. The van der Waals surface area contributed by atoms with E-state index in [9.17, 15) is 19.5 Å². The van der Waals surface area contributed by atoms with E-state index in [1.165, 1.54) is 0 Å². The van der Waals surface area contributed by atoms with Crippen LogP contribution in [0.5, 0.6) is 5.75 Å². The summed E-state index contributed by atoms with van der Waals surface area (Å²) in [5, 5.41) is 10.5. The van der Waals surface area contributed by atoms with Gasteiger partial charge < -0.3 is 5.11 Å². The monoisotopic (exact) mass is 465 g/mol. The number of rotatable bonds is 4. The van der Waals surface area contributed by atoms with E-state index in [1.807, 2.05) is 72.7 Å². The van der Waals surface area contributed by atoms with E-state index in [-0.39, 0.29) is 33.8 Å². The Bertz CT molecular complexity index is 1110. The molecule has 1 fully saturated rings. The number of benzene rings is 2. The predicted molar refractivity (Wildman–Crippen MR) is 134 cm³/mol. The van der Waals surface area contributed by atoms with Crippen LogP contribution in [0.4, 0.5) is 4.79 Å². The minimum absolute atomic E-state index is 0.254. The first kappa shape index (κ1) is 24.8. The van der Waals surface area contributed by atoms with Crippen molar-refractivity contribution in [2.24, 2.45) is 0 Å². The van der Waals surface area contributed by atoms with E-state index < -0.39 is 11.1 Å². The lowest BCUT2D eigenvalue weighted by atomic mass is 9.78. The molecule has 2 aromatic carbocycles. The van der Waals surface area contributed by atoms with Crippen molar-refractivity contribution in [1.29, 1.82) is 0 Å². The molecule has 1 aliphatic rings. The Labute approximate surface area is 199 Å². The van der Waals surface area contributed by atoms with Crippen LogP contribution >= 0.6 is 11.8 Å². The molecule has 0 spiro atoms. The number of phenols is 1. The van der Waals surface area contributed by atoms with E-state index in [1.54, 1.807) is 18.2 Å². The number of hydrogen-bond donors (Lipinski definition) is 1. The average Bonchev–Trinajstić information content (AvgIpc) is 2.95. The summed E-state index contributed by atoms with van der Waals surface area (Å²) in [6, 6.07) is 10.8. The maximum atomic E-state index is 13.0. The number of phenolic OH excluding ortho intramolecular Hbond substituents is 1. The lowest BCUT2D eigenvalue weighted by Crippen LogP contribution is -2.33. The maximum Gasteiger partial charge on any atom is 0.293 e. The highest BCUT2D eigenvalue weighted by Crippen LogP contribution is 2.41. The Morgan fingerprint density at radius 1 is 0.970 bits per heavy atom. The smallest absolute Gasteiger partial charge is 0.293 e. The van der Waals surface area contributed by atoms with E-state index >= 15 is 0 Å². The van der Waals surface area contributed by atoms with Crippen LogP contribution in [-0.2, 0) is 15.6 Å². The fourth-order valence-corrected chi connectivity index (χ4v) is 4.48. The number of thioether (sulfide) groups is 1. The summed E-state index contributed by atoms with van der Waals surface area (Å²) >= 11 is 0.831. The van der Waals surface area contributed by atoms with Crippen molar-refractivity contribution < 1.29 is 19.5 Å². The topological polar surface area (TPSA) is 74.7 Å². The number of Topliss-reactive ketones (excluding diaryl/α,β-unsaturated/α-hetero) is 1. The van der Waals surface area contributed by atoms with Crippen molar-refractivity contribution in [3.63, 3.8) is 0 Å². The second kappa shape index (κ2) is 8.82. The van der Waals surface area contributed by atoms with Gasteiger partial charge in [-0.05, 0) is 53.3 Å². The van der Waals surface area contributed by atoms with Gasteiger partial charge in [-0.1, -0.05) is 71.4 Å². The van der Waals surface area contributed by atoms with Crippen molar-refractivity contribution >= 4 is 34.8 Å². The normalized spacial score (nSPS) is 16.1. The fraction of sp³-hybridized carbons (Fsp3) is 0.370. The van der Waals surface area contributed by atoms with Gasteiger partial charge in [-0.3, -0.25) is 19.3 Å². The number of carbonyl (C=O) groups is 3. The molecule has 0 aromatic heterocycles. The highest BCUT2D eigenvalue weighted by molar-refractivity contribution is 8.18. The maximum absolute atomic E-state index is 13.0. The molecule has 3 rings (SSSR count). The molecule has 0 radical (unpaired) electrons. The summed E-state index contributed by atoms with van der Waals surface area (Å²) in [7, 11) is 0. The molecule has 5 nitrogen and oxygen atoms in total. The third-order valence-electron chi connectivity index (χ3n) is 5.59. The summed E-state index contributed by atoms with van der Waals surface area (Å²) in [5.74, 6) is -0.509. The summed E-state index contributed by atoms with van der Waals surface area (Å²) in [4.78, 5) is 39.4. The van der Waals surface area contributed by atoms with Gasteiger partial charge in [-0.2, -0.15) is 0 Å². The lowest BCUT2D eigenvalue weighted by molar-refractivity contribution is -0.122. The van der Waals surface area contributed by atoms with Crippen LogP contribution in [0.1, 0.15) is 74.2 Å². The number of nitrogens with zero attached hydrogens (tertiary/aromatic N) is 1. The van der Waals surface area contributed by atoms with Gasteiger partial charge >= 0.3 is 0 Å². The standard InChI is InChI=1S/C27H31NO4S/c1-16-8-10-18(11-9-16)21(29)15-28-24(31)22(33-25(28)32)14-17-12-19(26(2,3)4)23(30)20(13-17)27(5,6)7/h8-14,30H,15H2,1-7H3/b22-14+. The molecule has 1 N–H and O–H groups in total. The summed E-state index contributed by atoms with van der Waals surface area (Å²) in [6.45, 7) is 13.7. The van der Waals surface area contributed by atoms with Gasteiger partial charge in [0.05, 0.1) is 11.4 Å². The highest BCUT2D eigenvalue weighted by atomic mass is 32.2. The van der Waals surface area contributed by atoms with Crippen LogP contribution in [0.2, 0.25) is 0 Å². The van der Waals surface area contributed by atoms with Crippen molar-refractivity contribution in [2.45, 2.75) is 59.3 Å². The second-order valence-corrected chi connectivity index (χ2v) is 11.5. The number of imide groups is 1. The largest absolute Gasteiger partial charge is 0.507 e. The Hall–Kier alpha value is -2.86. The van der Waals surface area contributed by atoms with Crippen molar-refractivity contribution in [1.82, 2.24) is 4.90 Å². The second-order valence-electron chi connectivity index (χ2n) is 10.5. The number of carbonyl (C=O) groups excluding carboxylic acids is 3. The van der Waals surface area contributed by atoms with Gasteiger partial charge in [0.2, 0.25) is 0 Å². The van der Waals surface area contributed by atoms with Crippen LogP contribution in [0.25, 0.3) is 6.08 Å². The number of aryl methyl sites for hydroxylation is 1. The molecule has 33 heavy (non-hydrogen) atoms. The SMILES string of the molecule is Cc1ccc(C(=O)CN2C(=O)S/C(=C/c3cc(C(C)(C)C)c(O)c(C(C)(C)C)c3)C2=O)cc1. The number of ketones is 1. The third kappa shape index (κ3) is 5.38. The molecule has 6 heteroatoms. The van der Waals surface area contributed by atoms with Crippen LogP contribution in [0.3, 0.4) is 0 Å². The van der Waals surface area contributed by atoms with Crippen LogP contribution in [-0.4, -0.2) is 33.5 Å². The van der Waals surface area contributed by atoms with Crippen LogP contribution in [0, 0.1) is 6.92 Å². The Kier molecular flexibility index (Phi) is 6.62. The minimum atomic E-state index is -0.479. The third-order valence-corrected chi connectivity index (χ3v) is 6.50. The highest BCUT2D eigenvalue weighted by Gasteiger charge is 2.36. The molecular formula is C27H31NO4S. The number of amides is 2.